The van der Waals surface area contributed by atoms with Crippen LogP contribution < -0.4 is 5.32 Å². The summed E-state index contributed by atoms with van der Waals surface area (Å²) in [6, 6.07) is 2.74. The minimum Gasteiger partial charge on any atom is -0.340 e. The quantitative estimate of drug-likeness (QED) is 0.922. The fourth-order valence-corrected chi connectivity index (χ4v) is 4.17. The number of rotatable bonds is 3. The molecule has 1 aliphatic heterocycles. The molecule has 2 heterocycles. The van der Waals surface area contributed by atoms with Crippen molar-refractivity contribution in [2.75, 3.05) is 7.05 Å². The summed E-state index contributed by atoms with van der Waals surface area (Å²) in [7, 11) is 1.92. The zero-order valence-electron chi connectivity index (χ0n) is 11.5. The first kappa shape index (κ1) is 13.1. The van der Waals surface area contributed by atoms with Gasteiger partial charge in [0.2, 0.25) is 5.91 Å². The van der Waals surface area contributed by atoms with Crippen LogP contribution in [0.25, 0.3) is 0 Å². The fourth-order valence-electron chi connectivity index (χ4n) is 3.51. The van der Waals surface area contributed by atoms with Crippen molar-refractivity contribution in [2.45, 2.75) is 50.7 Å². The number of hydrogen-bond donors (Lipinski definition) is 1. The molecule has 0 aromatic carbocycles. The Balaban J connectivity index is 1.58. The summed E-state index contributed by atoms with van der Waals surface area (Å²) < 4.78 is 0. The number of thiophene rings is 1. The molecule has 2 aliphatic rings. The van der Waals surface area contributed by atoms with Gasteiger partial charge < -0.3 is 10.2 Å². The molecule has 1 aliphatic carbocycles. The number of amides is 1. The number of nitrogens with one attached hydrogen (secondary N) is 1. The van der Waals surface area contributed by atoms with Gasteiger partial charge in [-0.05, 0) is 47.6 Å². The Morgan fingerprint density at radius 3 is 3.05 bits per heavy atom. The van der Waals surface area contributed by atoms with E-state index < -0.39 is 0 Å². The molecule has 3 rings (SSSR count). The van der Waals surface area contributed by atoms with Gasteiger partial charge >= 0.3 is 0 Å². The van der Waals surface area contributed by atoms with Crippen molar-refractivity contribution in [3.8, 4) is 0 Å². The van der Waals surface area contributed by atoms with E-state index >= 15 is 0 Å². The molecule has 1 saturated heterocycles. The standard InChI is InChI=1S/C15H22N2OS/c1-17(9-11-6-7-19-10-11)15(18)14-8-12-4-2-3-5-13(12)16-14/h6-7,10,12-14,16H,2-5,8-9H2,1H3. The summed E-state index contributed by atoms with van der Waals surface area (Å²) in [6.07, 6.45) is 6.25. The lowest BCUT2D eigenvalue weighted by atomic mass is 9.85. The third kappa shape index (κ3) is 2.84. The van der Waals surface area contributed by atoms with Crippen LogP contribution >= 0.6 is 11.3 Å². The van der Waals surface area contributed by atoms with Crippen LogP contribution in [0.3, 0.4) is 0 Å². The Labute approximate surface area is 119 Å². The Hall–Kier alpha value is -0.870. The first-order chi connectivity index (χ1) is 9.24. The molecule has 3 nitrogen and oxygen atoms in total. The zero-order chi connectivity index (χ0) is 13.2. The van der Waals surface area contributed by atoms with E-state index in [1.165, 1.54) is 31.2 Å². The van der Waals surface area contributed by atoms with Crippen LogP contribution in [0.15, 0.2) is 16.8 Å². The SMILES string of the molecule is CN(Cc1ccsc1)C(=O)C1CC2CCCCC2N1. The van der Waals surface area contributed by atoms with Gasteiger partial charge in [0.05, 0.1) is 6.04 Å². The third-order valence-corrected chi connectivity index (χ3v) is 5.27. The van der Waals surface area contributed by atoms with Crippen molar-refractivity contribution in [2.24, 2.45) is 5.92 Å². The molecule has 3 unspecified atom stereocenters. The Morgan fingerprint density at radius 2 is 2.32 bits per heavy atom. The molecule has 1 amide bonds. The maximum atomic E-state index is 12.5. The average Bonchev–Trinajstić information content (AvgIpc) is 3.05. The highest BCUT2D eigenvalue weighted by Crippen LogP contribution is 2.33. The topological polar surface area (TPSA) is 32.3 Å². The Morgan fingerprint density at radius 1 is 1.47 bits per heavy atom. The highest BCUT2D eigenvalue weighted by molar-refractivity contribution is 7.07. The second-order valence-corrected chi connectivity index (χ2v) is 6.71. The summed E-state index contributed by atoms with van der Waals surface area (Å²) in [5.74, 6) is 0.998. The summed E-state index contributed by atoms with van der Waals surface area (Å²) in [4.78, 5) is 14.4. The minimum atomic E-state index is 0.0525. The van der Waals surface area contributed by atoms with E-state index in [1.54, 1.807) is 11.3 Å². The van der Waals surface area contributed by atoms with Crippen LogP contribution in [0.2, 0.25) is 0 Å². The van der Waals surface area contributed by atoms with E-state index in [-0.39, 0.29) is 11.9 Å². The van der Waals surface area contributed by atoms with Crippen LogP contribution in [0, 0.1) is 5.92 Å². The van der Waals surface area contributed by atoms with Crippen LogP contribution in [-0.2, 0) is 11.3 Å². The molecule has 0 bridgehead atoms. The van der Waals surface area contributed by atoms with Crippen LogP contribution in [0.5, 0.6) is 0 Å². The summed E-state index contributed by atoms with van der Waals surface area (Å²) in [5, 5.41) is 7.75. The van der Waals surface area contributed by atoms with Gasteiger partial charge in [-0.25, -0.2) is 0 Å². The number of carbonyl (C=O) groups is 1. The number of fused-ring (bicyclic) bond motifs is 1. The maximum absolute atomic E-state index is 12.5. The molecule has 1 aromatic rings. The average molecular weight is 278 g/mol. The van der Waals surface area contributed by atoms with Crippen molar-refractivity contribution < 1.29 is 4.79 Å². The summed E-state index contributed by atoms with van der Waals surface area (Å²) in [6.45, 7) is 0.732. The number of carbonyl (C=O) groups excluding carboxylic acids is 1. The van der Waals surface area contributed by atoms with Crippen molar-refractivity contribution in [1.82, 2.24) is 10.2 Å². The third-order valence-electron chi connectivity index (χ3n) is 4.54. The van der Waals surface area contributed by atoms with Crippen LogP contribution in [-0.4, -0.2) is 29.9 Å². The van der Waals surface area contributed by atoms with Gasteiger partial charge in [-0.3, -0.25) is 4.79 Å². The number of hydrogen-bond acceptors (Lipinski definition) is 3. The van der Waals surface area contributed by atoms with Gasteiger partial charge in [0.15, 0.2) is 0 Å². The maximum Gasteiger partial charge on any atom is 0.239 e. The van der Waals surface area contributed by atoms with Gasteiger partial charge in [0.1, 0.15) is 0 Å². The lowest BCUT2D eigenvalue weighted by Gasteiger charge is -2.24. The number of nitrogens with zero attached hydrogens (tertiary/aromatic N) is 1. The normalized spacial score (nSPS) is 30.1. The molecule has 3 atom stereocenters. The Kier molecular flexibility index (Phi) is 3.89. The van der Waals surface area contributed by atoms with E-state index in [0.717, 1.165) is 18.9 Å². The molecule has 1 N–H and O–H groups in total. The van der Waals surface area contributed by atoms with E-state index in [0.29, 0.717) is 6.04 Å². The predicted molar refractivity (Wildman–Crippen MR) is 78.1 cm³/mol. The van der Waals surface area contributed by atoms with Gasteiger partial charge in [-0.1, -0.05) is 12.8 Å². The summed E-state index contributed by atoms with van der Waals surface area (Å²) >= 11 is 1.69. The largest absolute Gasteiger partial charge is 0.340 e. The molecule has 0 spiro atoms. The predicted octanol–water partition coefficient (Wildman–Crippen LogP) is 2.63. The monoisotopic (exact) mass is 278 g/mol. The first-order valence-electron chi connectivity index (χ1n) is 7.26. The van der Waals surface area contributed by atoms with Crippen LogP contribution in [0.1, 0.15) is 37.7 Å². The molecule has 0 radical (unpaired) electrons. The molecule has 19 heavy (non-hydrogen) atoms. The number of likely N-dealkylation sites (N-methyl/N-ethyl adjacent to an activating group) is 1. The molecule has 2 fully saturated rings. The molecular formula is C15H22N2OS. The smallest absolute Gasteiger partial charge is 0.239 e. The van der Waals surface area contributed by atoms with Crippen molar-refractivity contribution in [3.63, 3.8) is 0 Å². The van der Waals surface area contributed by atoms with E-state index in [4.69, 9.17) is 0 Å². The lowest BCUT2D eigenvalue weighted by molar-refractivity contribution is -0.132. The van der Waals surface area contributed by atoms with Gasteiger partial charge in [-0.15, -0.1) is 0 Å². The second-order valence-electron chi connectivity index (χ2n) is 5.93. The van der Waals surface area contributed by atoms with Crippen molar-refractivity contribution >= 4 is 17.2 Å². The zero-order valence-corrected chi connectivity index (χ0v) is 12.3. The van der Waals surface area contributed by atoms with E-state index in [2.05, 4.69) is 22.1 Å². The second kappa shape index (κ2) is 5.63. The summed E-state index contributed by atoms with van der Waals surface area (Å²) in [5.41, 5.74) is 1.23. The highest BCUT2D eigenvalue weighted by atomic mass is 32.1. The van der Waals surface area contributed by atoms with Crippen molar-refractivity contribution in [3.05, 3.63) is 22.4 Å². The van der Waals surface area contributed by atoms with Gasteiger partial charge in [0, 0.05) is 19.6 Å². The Bertz CT molecular complexity index is 417. The fraction of sp³-hybridized carbons (Fsp3) is 0.667. The molecule has 4 heteroatoms. The first-order valence-corrected chi connectivity index (χ1v) is 8.20. The van der Waals surface area contributed by atoms with Crippen molar-refractivity contribution in [1.29, 1.82) is 0 Å². The molecule has 1 saturated carbocycles. The molecule has 104 valence electrons. The lowest BCUT2D eigenvalue weighted by Crippen LogP contribution is -2.43. The van der Waals surface area contributed by atoms with E-state index in [9.17, 15) is 4.79 Å². The molecule has 1 aromatic heterocycles. The highest BCUT2D eigenvalue weighted by Gasteiger charge is 2.39. The minimum absolute atomic E-state index is 0.0525. The van der Waals surface area contributed by atoms with Crippen LogP contribution in [0.4, 0.5) is 0 Å². The van der Waals surface area contributed by atoms with Gasteiger partial charge in [-0.2, -0.15) is 11.3 Å². The van der Waals surface area contributed by atoms with E-state index in [1.807, 2.05) is 11.9 Å². The van der Waals surface area contributed by atoms with Gasteiger partial charge in [0.25, 0.3) is 0 Å². The molecular weight excluding hydrogens is 256 g/mol.